The molecule has 138 valence electrons. The molecule has 0 radical (unpaired) electrons. The van der Waals surface area contributed by atoms with Crippen molar-refractivity contribution in [1.29, 1.82) is 0 Å². The van der Waals surface area contributed by atoms with Crippen molar-refractivity contribution >= 4 is 35.3 Å². The van der Waals surface area contributed by atoms with Crippen molar-refractivity contribution in [3.63, 3.8) is 0 Å². The number of carbonyl (C=O) groups excluding carboxylic acids is 1. The number of aryl methyl sites for hydroxylation is 1. The second kappa shape index (κ2) is 8.37. The number of benzene rings is 2. The third-order valence-electron chi connectivity index (χ3n) is 4.15. The Labute approximate surface area is 167 Å². The van der Waals surface area contributed by atoms with Crippen molar-refractivity contribution in [3.8, 4) is 0 Å². The van der Waals surface area contributed by atoms with Gasteiger partial charge in [-0.1, -0.05) is 53.5 Å². The van der Waals surface area contributed by atoms with E-state index >= 15 is 0 Å². The van der Waals surface area contributed by atoms with E-state index in [2.05, 4.69) is 27.8 Å². The molecule has 5 nitrogen and oxygen atoms in total. The van der Waals surface area contributed by atoms with Crippen LogP contribution in [0.3, 0.4) is 0 Å². The van der Waals surface area contributed by atoms with Crippen LogP contribution in [0.2, 0.25) is 10.0 Å². The molecule has 0 atom stereocenters. The fraction of sp³-hybridized carbons (Fsp3) is 0.150. The predicted octanol–water partition coefficient (Wildman–Crippen LogP) is 4.62. The molecule has 2 aromatic carbocycles. The highest BCUT2D eigenvalue weighted by Crippen LogP contribution is 2.20. The van der Waals surface area contributed by atoms with Crippen LogP contribution in [-0.2, 0) is 6.54 Å². The second-order valence-electron chi connectivity index (χ2n) is 6.05. The first kappa shape index (κ1) is 19.1. The number of halogens is 2. The summed E-state index contributed by atoms with van der Waals surface area (Å²) in [6.45, 7) is 4.55. The summed E-state index contributed by atoms with van der Waals surface area (Å²) < 4.78 is 1.92. The molecule has 3 aromatic rings. The summed E-state index contributed by atoms with van der Waals surface area (Å²) in [5, 5.41) is 9.36. The summed E-state index contributed by atoms with van der Waals surface area (Å²) in [6, 6.07) is 14.8. The number of nitrogens with one attached hydrogen (secondary N) is 1. The number of carbonyl (C=O) groups is 1. The van der Waals surface area contributed by atoms with E-state index in [1.165, 1.54) is 6.07 Å². The first-order chi connectivity index (χ1) is 13.0. The lowest BCUT2D eigenvalue weighted by molar-refractivity contribution is 0.0955. The average molecular weight is 401 g/mol. The Morgan fingerprint density at radius 2 is 1.93 bits per heavy atom. The van der Waals surface area contributed by atoms with Crippen LogP contribution in [0.15, 0.2) is 53.6 Å². The quantitative estimate of drug-likeness (QED) is 0.501. The van der Waals surface area contributed by atoms with Crippen LogP contribution in [0.25, 0.3) is 0 Å². The zero-order valence-corrected chi connectivity index (χ0v) is 16.4. The molecule has 0 spiro atoms. The number of amides is 1. The van der Waals surface area contributed by atoms with Gasteiger partial charge in [0.1, 0.15) is 0 Å². The summed E-state index contributed by atoms with van der Waals surface area (Å²) in [4.78, 5) is 12.2. The molecule has 0 unspecified atom stereocenters. The van der Waals surface area contributed by atoms with Crippen molar-refractivity contribution in [1.82, 2.24) is 15.2 Å². The van der Waals surface area contributed by atoms with E-state index in [4.69, 9.17) is 23.2 Å². The first-order valence-electron chi connectivity index (χ1n) is 8.32. The minimum Gasteiger partial charge on any atom is -0.267 e. The minimum absolute atomic E-state index is 0.273. The van der Waals surface area contributed by atoms with Gasteiger partial charge < -0.3 is 0 Å². The Morgan fingerprint density at radius 3 is 2.67 bits per heavy atom. The number of hydrazone groups is 1. The number of rotatable bonds is 5. The fourth-order valence-electron chi connectivity index (χ4n) is 2.70. The highest BCUT2D eigenvalue weighted by molar-refractivity contribution is 6.35. The van der Waals surface area contributed by atoms with Crippen molar-refractivity contribution in [3.05, 3.63) is 86.7 Å². The third-order valence-corrected chi connectivity index (χ3v) is 4.71. The van der Waals surface area contributed by atoms with Gasteiger partial charge in [-0.2, -0.15) is 10.2 Å². The van der Waals surface area contributed by atoms with Crippen LogP contribution >= 0.6 is 23.2 Å². The zero-order chi connectivity index (χ0) is 19.4. The lowest BCUT2D eigenvalue weighted by Gasteiger charge is -2.05. The number of aromatic nitrogens is 2. The van der Waals surface area contributed by atoms with E-state index in [-0.39, 0.29) is 5.56 Å². The van der Waals surface area contributed by atoms with Crippen LogP contribution in [0, 0.1) is 13.8 Å². The number of hydrogen-bond donors (Lipinski definition) is 1. The third kappa shape index (κ3) is 4.56. The van der Waals surface area contributed by atoms with E-state index in [0.717, 1.165) is 22.5 Å². The summed E-state index contributed by atoms with van der Waals surface area (Å²) in [5.74, 6) is -0.425. The van der Waals surface area contributed by atoms with Gasteiger partial charge in [0.25, 0.3) is 5.91 Å². The molecule has 0 aliphatic rings. The Morgan fingerprint density at radius 1 is 1.19 bits per heavy atom. The molecule has 1 aromatic heterocycles. The zero-order valence-electron chi connectivity index (χ0n) is 14.9. The van der Waals surface area contributed by atoms with Crippen molar-refractivity contribution in [2.24, 2.45) is 5.10 Å². The summed E-state index contributed by atoms with van der Waals surface area (Å²) in [6.07, 6.45) is 1.59. The Balaban J connectivity index is 1.74. The molecule has 0 bridgehead atoms. The molecular weight excluding hydrogens is 383 g/mol. The van der Waals surface area contributed by atoms with Gasteiger partial charge in [0.2, 0.25) is 0 Å². The van der Waals surface area contributed by atoms with Crippen LogP contribution in [0.5, 0.6) is 0 Å². The van der Waals surface area contributed by atoms with Gasteiger partial charge in [-0.3, -0.25) is 9.48 Å². The first-order valence-corrected chi connectivity index (χ1v) is 9.07. The summed E-state index contributed by atoms with van der Waals surface area (Å²) >= 11 is 11.9. The molecule has 0 saturated heterocycles. The maximum absolute atomic E-state index is 12.2. The molecule has 1 heterocycles. The van der Waals surface area contributed by atoms with Gasteiger partial charge in [-0.05, 0) is 37.6 Å². The lowest BCUT2D eigenvalue weighted by Crippen LogP contribution is -2.18. The number of hydrogen-bond acceptors (Lipinski definition) is 3. The van der Waals surface area contributed by atoms with Crippen LogP contribution in [0.1, 0.15) is 32.9 Å². The van der Waals surface area contributed by atoms with Crippen LogP contribution in [-0.4, -0.2) is 21.9 Å². The molecule has 0 saturated carbocycles. The topological polar surface area (TPSA) is 59.3 Å². The molecule has 1 N–H and O–H groups in total. The van der Waals surface area contributed by atoms with Gasteiger partial charge in [-0.25, -0.2) is 5.43 Å². The minimum atomic E-state index is -0.425. The van der Waals surface area contributed by atoms with Crippen LogP contribution in [0.4, 0.5) is 0 Å². The van der Waals surface area contributed by atoms with Crippen molar-refractivity contribution in [2.75, 3.05) is 0 Å². The lowest BCUT2D eigenvalue weighted by atomic mass is 10.2. The van der Waals surface area contributed by atoms with Gasteiger partial charge >= 0.3 is 0 Å². The Kier molecular flexibility index (Phi) is 5.94. The van der Waals surface area contributed by atoms with Gasteiger partial charge in [0, 0.05) is 16.3 Å². The standard InChI is InChI=1S/C20H18Cl2N4O/c1-13-18(14(2)26(25-13)12-15-6-4-3-5-7-15)11-23-24-20(27)17-10-16(21)8-9-19(17)22/h3-11H,12H2,1-2H3,(H,24,27)/b23-11-. The molecule has 1 amide bonds. The van der Waals surface area contributed by atoms with Gasteiger partial charge in [0.05, 0.1) is 29.0 Å². The Hall–Kier alpha value is -2.63. The molecule has 3 rings (SSSR count). The summed E-state index contributed by atoms with van der Waals surface area (Å²) in [5.41, 5.74) is 6.58. The summed E-state index contributed by atoms with van der Waals surface area (Å²) in [7, 11) is 0. The maximum atomic E-state index is 12.2. The van der Waals surface area contributed by atoms with Crippen molar-refractivity contribution in [2.45, 2.75) is 20.4 Å². The molecule has 0 aliphatic carbocycles. The van der Waals surface area contributed by atoms with E-state index in [1.54, 1.807) is 18.3 Å². The number of nitrogens with zero attached hydrogens (tertiary/aromatic N) is 3. The normalized spacial score (nSPS) is 11.1. The average Bonchev–Trinajstić information content (AvgIpc) is 2.91. The second-order valence-corrected chi connectivity index (χ2v) is 6.89. The SMILES string of the molecule is Cc1nn(Cc2ccccc2)c(C)c1/C=N\NC(=O)c1cc(Cl)ccc1Cl. The van der Waals surface area contributed by atoms with E-state index in [0.29, 0.717) is 16.6 Å². The van der Waals surface area contributed by atoms with E-state index in [9.17, 15) is 4.79 Å². The molecular formula is C20H18Cl2N4O. The maximum Gasteiger partial charge on any atom is 0.272 e. The predicted molar refractivity (Wildman–Crippen MR) is 109 cm³/mol. The molecule has 0 aliphatic heterocycles. The largest absolute Gasteiger partial charge is 0.272 e. The fourth-order valence-corrected chi connectivity index (χ4v) is 3.07. The monoisotopic (exact) mass is 400 g/mol. The van der Waals surface area contributed by atoms with Crippen LogP contribution < -0.4 is 5.43 Å². The van der Waals surface area contributed by atoms with Gasteiger partial charge in [0.15, 0.2) is 0 Å². The van der Waals surface area contributed by atoms with E-state index in [1.807, 2.05) is 36.7 Å². The van der Waals surface area contributed by atoms with E-state index < -0.39 is 5.91 Å². The van der Waals surface area contributed by atoms with Crippen molar-refractivity contribution < 1.29 is 4.79 Å². The molecule has 0 fully saturated rings. The smallest absolute Gasteiger partial charge is 0.267 e. The highest BCUT2D eigenvalue weighted by atomic mass is 35.5. The molecule has 7 heteroatoms. The molecule has 27 heavy (non-hydrogen) atoms. The highest BCUT2D eigenvalue weighted by Gasteiger charge is 2.12. The Bertz CT molecular complexity index is 997. The van der Waals surface area contributed by atoms with Gasteiger partial charge in [-0.15, -0.1) is 0 Å².